The molecule has 0 amide bonds. The van der Waals surface area contributed by atoms with Gasteiger partial charge in [0.25, 0.3) is 0 Å². The minimum absolute atomic E-state index is 0.486. The Morgan fingerprint density at radius 2 is 2.22 bits per heavy atom. The van der Waals surface area contributed by atoms with Crippen molar-refractivity contribution in [1.82, 2.24) is 10.3 Å². The predicted molar refractivity (Wildman–Crippen MR) is 79.9 cm³/mol. The second kappa shape index (κ2) is 4.71. The molecule has 1 aromatic heterocycles. The number of aromatic nitrogens is 1. The summed E-state index contributed by atoms with van der Waals surface area (Å²) >= 11 is 3.57. The second-order valence-electron chi connectivity index (χ2n) is 5.47. The first-order valence-electron chi connectivity index (χ1n) is 6.71. The van der Waals surface area contributed by atoms with Crippen LogP contribution in [0.3, 0.4) is 0 Å². The fourth-order valence-corrected chi connectivity index (χ4v) is 3.36. The van der Waals surface area contributed by atoms with E-state index < -0.39 is 0 Å². The van der Waals surface area contributed by atoms with E-state index in [-0.39, 0.29) is 0 Å². The van der Waals surface area contributed by atoms with Crippen LogP contribution in [0, 0.1) is 0 Å². The van der Waals surface area contributed by atoms with Gasteiger partial charge in [-0.2, -0.15) is 0 Å². The van der Waals surface area contributed by atoms with Crippen molar-refractivity contribution >= 4 is 26.8 Å². The van der Waals surface area contributed by atoms with Gasteiger partial charge in [0.1, 0.15) is 0 Å². The fourth-order valence-electron chi connectivity index (χ4n) is 3.00. The molecule has 1 aliphatic carbocycles. The Kier molecular flexibility index (Phi) is 3.20. The summed E-state index contributed by atoms with van der Waals surface area (Å²) in [6.45, 7) is 4.43. The largest absolute Gasteiger partial charge is 0.357 e. The van der Waals surface area contributed by atoms with Crippen molar-refractivity contribution in [2.45, 2.75) is 45.2 Å². The van der Waals surface area contributed by atoms with Crippen molar-refractivity contribution in [1.29, 1.82) is 0 Å². The zero-order valence-corrected chi connectivity index (χ0v) is 12.5. The van der Waals surface area contributed by atoms with Gasteiger partial charge in [-0.25, -0.2) is 0 Å². The third kappa shape index (κ3) is 2.10. The van der Waals surface area contributed by atoms with Gasteiger partial charge < -0.3 is 10.3 Å². The van der Waals surface area contributed by atoms with Crippen LogP contribution in [-0.4, -0.2) is 11.0 Å². The maximum absolute atomic E-state index is 3.67. The first-order chi connectivity index (χ1) is 8.65. The highest BCUT2D eigenvalue weighted by Gasteiger charge is 2.24. The first kappa shape index (κ1) is 12.2. The van der Waals surface area contributed by atoms with Gasteiger partial charge in [0, 0.05) is 33.2 Å². The number of aryl methyl sites for hydroxylation is 1. The molecule has 3 rings (SSSR count). The van der Waals surface area contributed by atoms with Gasteiger partial charge in [-0.15, -0.1) is 0 Å². The molecule has 0 aliphatic heterocycles. The number of benzene rings is 1. The normalized spacial score (nSPS) is 19.4. The minimum atomic E-state index is 0.486. The highest BCUT2D eigenvalue weighted by atomic mass is 79.9. The van der Waals surface area contributed by atoms with Crippen molar-refractivity contribution in [3.63, 3.8) is 0 Å². The molecule has 0 spiro atoms. The molecule has 0 saturated heterocycles. The van der Waals surface area contributed by atoms with Crippen LogP contribution in [0.1, 0.15) is 44.0 Å². The molecule has 96 valence electrons. The van der Waals surface area contributed by atoms with Crippen LogP contribution in [0.2, 0.25) is 0 Å². The Labute approximate surface area is 116 Å². The topological polar surface area (TPSA) is 27.8 Å². The molecule has 2 N–H and O–H groups in total. The lowest BCUT2D eigenvalue weighted by Crippen LogP contribution is -2.30. The van der Waals surface area contributed by atoms with E-state index in [9.17, 15) is 0 Å². The first-order valence-corrected chi connectivity index (χ1v) is 7.50. The van der Waals surface area contributed by atoms with Crippen LogP contribution in [0.15, 0.2) is 22.7 Å². The molecule has 1 aromatic carbocycles. The number of hydrogen-bond donors (Lipinski definition) is 2. The third-order valence-electron chi connectivity index (χ3n) is 3.70. The van der Waals surface area contributed by atoms with Gasteiger partial charge in [-0.3, -0.25) is 0 Å². The Hall–Kier alpha value is -0.800. The Morgan fingerprint density at radius 3 is 3.00 bits per heavy atom. The summed E-state index contributed by atoms with van der Waals surface area (Å²) in [5, 5.41) is 5.05. The van der Waals surface area contributed by atoms with Crippen LogP contribution >= 0.6 is 15.9 Å². The average Bonchev–Trinajstić information content (AvgIpc) is 2.68. The molecule has 3 heteroatoms. The fraction of sp³-hybridized carbons (Fsp3) is 0.467. The van der Waals surface area contributed by atoms with Crippen LogP contribution in [0.5, 0.6) is 0 Å². The van der Waals surface area contributed by atoms with Gasteiger partial charge in [0.15, 0.2) is 0 Å². The van der Waals surface area contributed by atoms with E-state index in [0.717, 1.165) is 4.47 Å². The van der Waals surface area contributed by atoms with Crippen LogP contribution < -0.4 is 5.32 Å². The molecule has 1 atom stereocenters. The number of H-pyrrole nitrogens is 1. The number of rotatable bonds is 2. The molecule has 1 heterocycles. The third-order valence-corrected chi connectivity index (χ3v) is 4.20. The lowest BCUT2D eigenvalue weighted by Gasteiger charge is -2.25. The number of aromatic amines is 1. The summed E-state index contributed by atoms with van der Waals surface area (Å²) in [7, 11) is 0. The van der Waals surface area contributed by atoms with Crippen molar-refractivity contribution in [3.05, 3.63) is 33.9 Å². The summed E-state index contributed by atoms with van der Waals surface area (Å²) < 4.78 is 1.16. The van der Waals surface area contributed by atoms with E-state index in [4.69, 9.17) is 0 Å². The Morgan fingerprint density at radius 1 is 1.39 bits per heavy atom. The van der Waals surface area contributed by atoms with Gasteiger partial charge in [0.05, 0.1) is 0 Å². The van der Waals surface area contributed by atoms with E-state index in [1.807, 2.05) is 0 Å². The van der Waals surface area contributed by atoms with Gasteiger partial charge >= 0.3 is 0 Å². The summed E-state index contributed by atoms with van der Waals surface area (Å²) in [6.07, 6.45) is 3.71. The van der Waals surface area contributed by atoms with E-state index in [1.54, 1.807) is 0 Å². The standard InChI is InChI=1S/C15H19BrN2/c1-9(2)17-14-5-3-4-11-12-8-10(16)6-7-13(12)18-15(11)14/h6-9,14,17-18H,3-5H2,1-2H3. The van der Waals surface area contributed by atoms with E-state index in [2.05, 4.69) is 58.3 Å². The van der Waals surface area contributed by atoms with Crippen molar-refractivity contribution < 1.29 is 0 Å². The van der Waals surface area contributed by atoms with Crippen molar-refractivity contribution in [2.24, 2.45) is 0 Å². The molecular formula is C15H19BrN2. The second-order valence-corrected chi connectivity index (χ2v) is 6.39. The molecule has 0 radical (unpaired) electrons. The maximum atomic E-state index is 3.67. The monoisotopic (exact) mass is 306 g/mol. The SMILES string of the molecule is CC(C)NC1CCCc2c1[nH]c1ccc(Br)cc21. The van der Waals surface area contributed by atoms with Gasteiger partial charge in [-0.1, -0.05) is 29.8 Å². The zero-order valence-electron chi connectivity index (χ0n) is 10.9. The van der Waals surface area contributed by atoms with Crippen molar-refractivity contribution in [3.8, 4) is 0 Å². The van der Waals surface area contributed by atoms with Crippen LogP contribution in [0.4, 0.5) is 0 Å². The van der Waals surface area contributed by atoms with Crippen LogP contribution in [-0.2, 0) is 6.42 Å². The summed E-state index contributed by atoms with van der Waals surface area (Å²) in [5.74, 6) is 0. The predicted octanol–water partition coefficient (Wildman–Crippen LogP) is 4.31. The number of halogens is 1. The molecule has 2 aromatic rings. The summed E-state index contributed by atoms with van der Waals surface area (Å²) in [6, 6.07) is 7.53. The van der Waals surface area contributed by atoms with E-state index in [0.29, 0.717) is 12.1 Å². The minimum Gasteiger partial charge on any atom is -0.357 e. The zero-order chi connectivity index (χ0) is 12.7. The number of nitrogens with one attached hydrogen (secondary N) is 2. The molecule has 18 heavy (non-hydrogen) atoms. The highest BCUT2D eigenvalue weighted by Crippen LogP contribution is 2.35. The molecule has 0 saturated carbocycles. The lowest BCUT2D eigenvalue weighted by molar-refractivity contribution is 0.417. The maximum Gasteiger partial charge on any atom is 0.0478 e. The van der Waals surface area contributed by atoms with Gasteiger partial charge in [-0.05, 0) is 43.0 Å². The smallest absolute Gasteiger partial charge is 0.0478 e. The molecule has 1 unspecified atom stereocenters. The van der Waals surface area contributed by atoms with E-state index in [1.165, 1.54) is 41.4 Å². The highest BCUT2D eigenvalue weighted by molar-refractivity contribution is 9.10. The van der Waals surface area contributed by atoms with Crippen molar-refractivity contribution in [2.75, 3.05) is 0 Å². The molecule has 0 fully saturated rings. The summed E-state index contributed by atoms with van der Waals surface area (Å²) in [4.78, 5) is 3.62. The Bertz CT molecular complexity index is 571. The lowest BCUT2D eigenvalue weighted by atomic mass is 9.91. The van der Waals surface area contributed by atoms with Crippen LogP contribution in [0.25, 0.3) is 10.9 Å². The molecule has 0 bridgehead atoms. The van der Waals surface area contributed by atoms with E-state index >= 15 is 0 Å². The average molecular weight is 307 g/mol. The quantitative estimate of drug-likeness (QED) is 0.850. The molecule has 1 aliphatic rings. The molecular weight excluding hydrogens is 288 g/mol. The van der Waals surface area contributed by atoms with Gasteiger partial charge in [0.2, 0.25) is 0 Å². The Balaban J connectivity index is 2.09. The number of hydrogen-bond acceptors (Lipinski definition) is 1. The molecule has 2 nitrogen and oxygen atoms in total. The number of fused-ring (bicyclic) bond motifs is 3. The summed E-state index contributed by atoms with van der Waals surface area (Å²) in [5.41, 5.74) is 4.18.